The summed E-state index contributed by atoms with van der Waals surface area (Å²) in [5, 5.41) is 10.3. The molecule has 8 nitrogen and oxygen atoms in total. The van der Waals surface area contributed by atoms with Gasteiger partial charge in [0.15, 0.2) is 0 Å². The summed E-state index contributed by atoms with van der Waals surface area (Å²) in [7, 11) is -4.02. The van der Waals surface area contributed by atoms with Crippen LogP contribution < -0.4 is 4.74 Å². The number of hydrogen-bond donors (Lipinski definition) is 1. The smallest absolute Gasteiger partial charge is 0.322 e. The first kappa shape index (κ1) is 19.7. The molecule has 1 aromatic carbocycles. The van der Waals surface area contributed by atoms with Gasteiger partial charge < -0.3 is 9.84 Å². The number of ether oxygens (including phenoxy) is 1. The lowest BCUT2D eigenvalue weighted by Crippen LogP contribution is -2.49. The van der Waals surface area contributed by atoms with Crippen molar-refractivity contribution in [3.05, 3.63) is 48.0 Å². The van der Waals surface area contributed by atoms with Crippen molar-refractivity contribution in [2.45, 2.75) is 30.3 Å². The van der Waals surface area contributed by atoms with Crippen molar-refractivity contribution >= 4 is 31.9 Å². The van der Waals surface area contributed by atoms with Crippen LogP contribution in [0.5, 0.6) is 5.75 Å². The second-order valence-electron chi connectivity index (χ2n) is 5.92. The van der Waals surface area contributed by atoms with Gasteiger partial charge in [0.05, 0.1) is 29.4 Å². The number of carboxylic acid groups (broad SMARTS) is 1. The van der Waals surface area contributed by atoms with Crippen molar-refractivity contribution in [1.29, 1.82) is 0 Å². The van der Waals surface area contributed by atoms with Crippen molar-refractivity contribution in [3.63, 3.8) is 0 Å². The highest BCUT2D eigenvalue weighted by Gasteiger charge is 2.40. The van der Waals surface area contributed by atoms with E-state index >= 15 is 0 Å². The van der Waals surface area contributed by atoms with E-state index in [9.17, 15) is 18.3 Å². The van der Waals surface area contributed by atoms with Crippen LogP contribution in [0.3, 0.4) is 0 Å². The molecule has 0 saturated carbocycles. The number of carbonyl (C=O) groups is 1. The van der Waals surface area contributed by atoms with E-state index in [1.165, 1.54) is 24.5 Å². The molecule has 3 rings (SSSR count). The Hall–Kier alpha value is -2.04. The lowest BCUT2D eigenvalue weighted by atomic mass is 10.1. The molecule has 0 amide bonds. The summed E-state index contributed by atoms with van der Waals surface area (Å²) < 4.78 is 32.6. The summed E-state index contributed by atoms with van der Waals surface area (Å²) in [6.07, 6.45) is 3.74. The molecule has 0 fully saturated rings. The molecule has 1 unspecified atom stereocenters. The maximum Gasteiger partial charge on any atom is 0.322 e. The van der Waals surface area contributed by atoms with Gasteiger partial charge in [0.2, 0.25) is 10.0 Å². The van der Waals surface area contributed by atoms with Crippen LogP contribution in [0, 0.1) is 0 Å². The largest absolute Gasteiger partial charge is 0.494 e. The van der Waals surface area contributed by atoms with Crippen LogP contribution in [0.2, 0.25) is 0 Å². The van der Waals surface area contributed by atoms with Gasteiger partial charge in [-0.1, -0.05) is 15.9 Å². The molecule has 0 radical (unpaired) electrons. The maximum atomic E-state index is 13.1. The van der Waals surface area contributed by atoms with E-state index in [4.69, 9.17) is 4.74 Å². The number of sulfonamides is 1. The molecular weight excluding hydrogens is 438 g/mol. The average Bonchev–Trinajstić information content (AvgIpc) is 2.67. The minimum Gasteiger partial charge on any atom is -0.494 e. The molecule has 1 aromatic heterocycles. The first-order chi connectivity index (χ1) is 12.9. The summed E-state index contributed by atoms with van der Waals surface area (Å²) in [4.78, 5) is 19.9. The van der Waals surface area contributed by atoms with Crippen molar-refractivity contribution in [2.75, 3.05) is 11.9 Å². The number of fused-ring (bicyclic) bond motifs is 1. The topological polar surface area (TPSA) is 110 Å². The van der Waals surface area contributed by atoms with Gasteiger partial charge >= 0.3 is 5.97 Å². The zero-order valence-corrected chi connectivity index (χ0v) is 16.7. The van der Waals surface area contributed by atoms with E-state index < -0.39 is 22.0 Å². The Morgan fingerprint density at radius 2 is 1.89 bits per heavy atom. The number of aromatic nitrogens is 2. The van der Waals surface area contributed by atoms with E-state index in [1.807, 2.05) is 0 Å². The van der Waals surface area contributed by atoms with Crippen LogP contribution in [0.1, 0.15) is 17.8 Å². The number of halogens is 1. The van der Waals surface area contributed by atoms with Crippen LogP contribution in [0.25, 0.3) is 0 Å². The minimum atomic E-state index is -4.02. The highest BCUT2D eigenvalue weighted by atomic mass is 79.9. The van der Waals surface area contributed by atoms with Crippen molar-refractivity contribution in [1.82, 2.24) is 14.3 Å². The lowest BCUT2D eigenvalue weighted by molar-refractivity contribution is -0.141. The van der Waals surface area contributed by atoms with Gasteiger partial charge in [0.1, 0.15) is 11.8 Å². The molecule has 0 aliphatic carbocycles. The average molecular weight is 456 g/mol. The van der Waals surface area contributed by atoms with Crippen LogP contribution in [0.15, 0.2) is 41.6 Å². The van der Waals surface area contributed by atoms with Gasteiger partial charge in [-0.3, -0.25) is 14.8 Å². The summed E-state index contributed by atoms with van der Waals surface area (Å²) in [5.41, 5.74) is 0.972. The van der Waals surface area contributed by atoms with E-state index in [1.54, 1.807) is 12.1 Å². The highest BCUT2D eigenvalue weighted by molar-refractivity contribution is 9.09. The fourth-order valence-corrected chi connectivity index (χ4v) is 4.56. The highest BCUT2D eigenvalue weighted by Crippen LogP contribution is 2.28. The third kappa shape index (κ3) is 4.28. The van der Waals surface area contributed by atoms with Crippen LogP contribution in [-0.2, 0) is 27.8 Å². The van der Waals surface area contributed by atoms with Gasteiger partial charge in [-0.2, -0.15) is 4.31 Å². The van der Waals surface area contributed by atoms with Crippen LogP contribution in [-0.4, -0.2) is 51.7 Å². The molecule has 0 bridgehead atoms. The van der Waals surface area contributed by atoms with E-state index in [-0.39, 0.29) is 17.9 Å². The maximum absolute atomic E-state index is 13.1. The number of nitrogens with zero attached hydrogens (tertiary/aromatic N) is 3. The van der Waals surface area contributed by atoms with Gasteiger partial charge in [0, 0.05) is 24.1 Å². The predicted molar refractivity (Wildman–Crippen MR) is 100 cm³/mol. The minimum absolute atomic E-state index is 0.00827. The fourth-order valence-electron chi connectivity index (χ4n) is 2.79. The summed E-state index contributed by atoms with van der Waals surface area (Å²) >= 11 is 3.31. The van der Waals surface area contributed by atoms with Gasteiger partial charge in [-0.25, -0.2) is 8.42 Å². The third-order valence-corrected chi connectivity index (χ3v) is 6.59. The zero-order chi connectivity index (χ0) is 19.4. The summed E-state index contributed by atoms with van der Waals surface area (Å²) in [5.74, 6) is -0.663. The third-order valence-electron chi connectivity index (χ3n) is 4.16. The van der Waals surface area contributed by atoms with Crippen LogP contribution >= 0.6 is 15.9 Å². The predicted octanol–water partition coefficient (Wildman–Crippen LogP) is 1.84. The number of carboxylic acids is 1. The Balaban J connectivity index is 1.87. The van der Waals surface area contributed by atoms with Crippen molar-refractivity contribution in [2.24, 2.45) is 0 Å². The Labute approximate surface area is 165 Å². The number of alkyl halides is 1. The molecule has 1 atom stereocenters. The Morgan fingerprint density at radius 1 is 1.22 bits per heavy atom. The number of hydrogen-bond acceptors (Lipinski definition) is 6. The monoisotopic (exact) mass is 455 g/mol. The fraction of sp³-hybridized carbons (Fsp3) is 0.353. The molecule has 1 N–H and O–H groups in total. The van der Waals surface area contributed by atoms with E-state index in [0.29, 0.717) is 23.7 Å². The molecule has 2 aromatic rings. The number of rotatable bonds is 7. The number of benzene rings is 1. The molecule has 1 aliphatic rings. The second-order valence-corrected chi connectivity index (χ2v) is 8.60. The van der Waals surface area contributed by atoms with Crippen LogP contribution in [0.4, 0.5) is 0 Å². The molecule has 27 heavy (non-hydrogen) atoms. The summed E-state index contributed by atoms with van der Waals surface area (Å²) in [6, 6.07) is 4.74. The molecule has 2 heterocycles. The van der Waals surface area contributed by atoms with Gasteiger partial charge in [0.25, 0.3) is 0 Å². The number of aliphatic carboxylic acids is 1. The summed E-state index contributed by atoms with van der Waals surface area (Å²) in [6.45, 7) is 0.381. The normalized spacial score (nSPS) is 17.3. The molecule has 0 saturated heterocycles. The molecule has 144 valence electrons. The standard InChI is InChI=1S/C17H18BrN3O5S/c18-6-1-9-26-12-2-4-13(5-3-12)27(24,25)21-11-15-14(19-7-8-20-15)10-16(21)17(22)23/h2-5,7-8,16H,1,6,9-11H2,(H,22,23). The van der Waals surface area contributed by atoms with Gasteiger partial charge in [-0.05, 0) is 30.7 Å². The lowest BCUT2D eigenvalue weighted by Gasteiger charge is -2.32. The Bertz CT molecular complexity index is 920. The molecule has 10 heteroatoms. The molecule has 0 spiro atoms. The Kier molecular flexibility index (Phi) is 6.08. The van der Waals surface area contributed by atoms with Crippen molar-refractivity contribution in [3.8, 4) is 5.75 Å². The van der Waals surface area contributed by atoms with E-state index in [2.05, 4.69) is 25.9 Å². The molecular formula is C17H18BrN3O5S. The van der Waals surface area contributed by atoms with Gasteiger partial charge in [-0.15, -0.1) is 0 Å². The zero-order valence-electron chi connectivity index (χ0n) is 14.3. The molecule has 1 aliphatic heterocycles. The van der Waals surface area contributed by atoms with Crippen molar-refractivity contribution < 1.29 is 23.1 Å². The Morgan fingerprint density at radius 3 is 2.52 bits per heavy atom. The second kappa shape index (κ2) is 8.32. The van der Waals surface area contributed by atoms with E-state index in [0.717, 1.165) is 16.1 Å². The first-order valence-corrected chi connectivity index (χ1v) is 10.8. The quantitative estimate of drug-likeness (QED) is 0.500. The first-order valence-electron chi connectivity index (χ1n) is 8.25. The SMILES string of the molecule is O=C(O)C1Cc2nccnc2CN1S(=O)(=O)c1ccc(OCCCBr)cc1.